The molecule has 0 spiro atoms. The van der Waals surface area contributed by atoms with Crippen molar-refractivity contribution in [1.82, 2.24) is 5.32 Å². The van der Waals surface area contributed by atoms with Crippen LogP contribution in [-0.4, -0.2) is 30.3 Å². The van der Waals surface area contributed by atoms with Crippen LogP contribution in [0.2, 0.25) is 0 Å². The molecule has 6 nitrogen and oxygen atoms in total. The number of rotatable bonds is 10. The number of para-hydroxylation sites is 1. The van der Waals surface area contributed by atoms with Crippen molar-refractivity contribution in [2.75, 3.05) is 13.2 Å². The van der Waals surface area contributed by atoms with Crippen LogP contribution in [-0.2, 0) is 29.1 Å². The van der Waals surface area contributed by atoms with Crippen molar-refractivity contribution < 1.29 is 23.8 Å². The molecule has 4 N–H and O–H groups in total. The molecule has 0 bridgehead atoms. The molecule has 0 amide bonds. The number of carbonyl (C=O) groups is 1. The number of benzene rings is 3. The van der Waals surface area contributed by atoms with Crippen molar-refractivity contribution in [2.24, 2.45) is 5.73 Å². The van der Waals surface area contributed by atoms with E-state index < -0.39 is 12.0 Å². The number of nitrogens with one attached hydrogen (secondary N) is 1. The highest BCUT2D eigenvalue weighted by molar-refractivity contribution is 5.71. The van der Waals surface area contributed by atoms with Gasteiger partial charge in [0.1, 0.15) is 18.2 Å². The lowest BCUT2D eigenvalue weighted by Gasteiger charge is -2.16. The zero-order chi connectivity index (χ0) is 24.8. The Morgan fingerprint density at radius 2 is 2.00 bits per heavy atom. The van der Waals surface area contributed by atoms with Crippen LogP contribution in [0, 0.1) is 5.82 Å². The number of hydrogen-bond donors (Lipinski definition) is 3. The lowest BCUT2D eigenvalue weighted by atomic mass is 9.96. The summed E-state index contributed by atoms with van der Waals surface area (Å²) >= 11 is 0. The van der Waals surface area contributed by atoms with Crippen molar-refractivity contribution in [3.8, 4) is 16.9 Å². The summed E-state index contributed by atoms with van der Waals surface area (Å²) in [6.07, 6.45) is 0.838. The second kappa shape index (κ2) is 11.4. The molecule has 1 aliphatic heterocycles. The molecular weight excluding hydrogens is 447 g/mol. The lowest BCUT2D eigenvalue weighted by Crippen LogP contribution is -2.28. The molecule has 4 rings (SSSR count). The highest BCUT2D eigenvalue weighted by atomic mass is 19.1. The van der Waals surface area contributed by atoms with Gasteiger partial charge in [-0.15, -0.1) is 0 Å². The van der Waals surface area contributed by atoms with Crippen LogP contribution >= 0.6 is 0 Å². The Bertz CT molecular complexity index is 1180. The molecule has 0 saturated carbocycles. The fourth-order valence-electron chi connectivity index (χ4n) is 4.30. The predicted molar refractivity (Wildman–Crippen MR) is 133 cm³/mol. The van der Waals surface area contributed by atoms with Crippen LogP contribution in [0.4, 0.5) is 4.39 Å². The molecule has 35 heavy (non-hydrogen) atoms. The van der Waals surface area contributed by atoms with E-state index in [4.69, 9.17) is 15.2 Å². The quantitative estimate of drug-likeness (QED) is 0.394. The summed E-state index contributed by atoms with van der Waals surface area (Å²) in [6.45, 7) is 4.03. The van der Waals surface area contributed by atoms with Gasteiger partial charge in [-0.05, 0) is 48.2 Å². The average Bonchev–Trinajstić information content (AvgIpc) is 3.35. The Labute approximate surface area is 204 Å². The molecule has 0 aromatic heterocycles. The minimum absolute atomic E-state index is 0.121. The third-order valence-electron chi connectivity index (χ3n) is 6.12. The highest BCUT2D eigenvalue weighted by Crippen LogP contribution is 2.30. The van der Waals surface area contributed by atoms with E-state index in [0.717, 1.165) is 29.7 Å². The number of aliphatic carboxylic acids is 1. The van der Waals surface area contributed by atoms with E-state index in [2.05, 4.69) is 5.32 Å². The smallest absolute Gasteiger partial charge is 0.307 e. The molecule has 7 heteroatoms. The first-order valence-electron chi connectivity index (χ1n) is 11.8. The molecule has 1 heterocycles. The molecule has 0 aliphatic carbocycles. The van der Waals surface area contributed by atoms with Crippen molar-refractivity contribution in [3.63, 3.8) is 0 Å². The van der Waals surface area contributed by atoms with E-state index in [1.807, 2.05) is 30.3 Å². The lowest BCUT2D eigenvalue weighted by molar-refractivity contribution is -0.136. The van der Waals surface area contributed by atoms with Crippen LogP contribution < -0.4 is 15.8 Å². The van der Waals surface area contributed by atoms with Crippen LogP contribution in [0.5, 0.6) is 5.75 Å². The molecule has 1 saturated heterocycles. The van der Waals surface area contributed by atoms with Gasteiger partial charge in [-0.25, -0.2) is 4.39 Å². The average molecular weight is 479 g/mol. The second-order valence-electron chi connectivity index (χ2n) is 8.94. The van der Waals surface area contributed by atoms with E-state index in [-0.39, 0.29) is 18.8 Å². The molecule has 1 fully saturated rings. The van der Waals surface area contributed by atoms with Crippen molar-refractivity contribution >= 4 is 5.97 Å². The summed E-state index contributed by atoms with van der Waals surface area (Å²) < 4.78 is 26.8. The van der Waals surface area contributed by atoms with Gasteiger partial charge in [-0.1, -0.05) is 42.5 Å². The predicted octanol–water partition coefficient (Wildman–Crippen LogP) is 4.60. The number of halogens is 1. The molecule has 184 valence electrons. The Morgan fingerprint density at radius 3 is 2.74 bits per heavy atom. The van der Waals surface area contributed by atoms with Crippen molar-refractivity contribution in [1.29, 1.82) is 0 Å². The molecule has 1 unspecified atom stereocenters. The van der Waals surface area contributed by atoms with Gasteiger partial charge in [0.2, 0.25) is 0 Å². The topological polar surface area (TPSA) is 93.8 Å². The summed E-state index contributed by atoms with van der Waals surface area (Å²) in [5, 5.41) is 12.7. The number of nitrogens with two attached hydrogens (primary N) is 1. The summed E-state index contributed by atoms with van der Waals surface area (Å²) in [5.41, 5.74) is 10.1. The molecule has 3 aromatic carbocycles. The zero-order valence-corrected chi connectivity index (χ0v) is 19.8. The molecule has 2 atom stereocenters. The first kappa shape index (κ1) is 24.9. The SMILES string of the molecule is C[C@@H](N)c1cccc(-c2cc(CNC3CCOC3)cc(COc3ccccc3CC(=O)O)c2)c1F. The maximum atomic E-state index is 15.3. The van der Waals surface area contributed by atoms with E-state index in [1.54, 1.807) is 37.3 Å². The van der Waals surface area contributed by atoms with Gasteiger partial charge in [0.15, 0.2) is 0 Å². The summed E-state index contributed by atoms with van der Waals surface area (Å²) in [6, 6.07) is 18.2. The van der Waals surface area contributed by atoms with Gasteiger partial charge < -0.3 is 25.6 Å². The standard InChI is InChI=1S/C28H31FN2O4/c1-18(30)24-6-4-7-25(28(24)29)22-12-19(15-31-23-9-10-34-17-23)11-20(13-22)16-35-26-8-3-2-5-21(26)14-27(32)33/h2-8,11-13,18,23,31H,9-10,14-17,30H2,1H3,(H,32,33)/t18-,23?/m1/s1. The monoisotopic (exact) mass is 478 g/mol. The van der Waals surface area contributed by atoms with Gasteiger partial charge >= 0.3 is 5.97 Å². The number of hydrogen-bond acceptors (Lipinski definition) is 5. The normalized spacial score (nSPS) is 16.3. The highest BCUT2D eigenvalue weighted by Gasteiger charge is 2.17. The minimum atomic E-state index is -0.920. The largest absolute Gasteiger partial charge is 0.489 e. The molecule has 1 aliphatic rings. The summed E-state index contributed by atoms with van der Waals surface area (Å²) in [5.74, 6) is -0.722. The van der Waals surface area contributed by atoms with Gasteiger partial charge in [-0.2, -0.15) is 0 Å². The van der Waals surface area contributed by atoms with E-state index in [0.29, 0.717) is 41.6 Å². The van der Waals surface area contributed by atoms with Crippen LogP contribution in [0.15, 0.2) is 60.7 Å². The third-order valence-corrected chi connectivity index (χ3v) is 6.12. The molecule has 0 radical (unpaired) electrons. The second-order valence-corrected chi connectivity index (χ2v) is 8.94. The third kappa shape index (κ3) is 6.45. The van der Waals surface area contributed by atoms with E-state index in [1.165, 1.54) is 0 Å². The number of carboxylic acid groups (broad SMARTS) is 1. The van der Waals surface area contributed by atoms with Gasteiger partial charge in [-0.3, -0.25) is 4.79 Å². The molecule has 3 aromatic rings. The minimum Gasteiger partial charge on any atom is -0.489 e. The van der Waals surface area contributed by atoms with Crippen molar-refractivity contribution in [3.05, 3.63) is 88.7 Å². The Morgan fingerprint density at radius 1 is 1.20 bits per heavy atom. The zero-order valence-electron chi connectivity index (χ0n) is 19.8. The van der Waals surface area contributed by atoms with Gasteiger partial charge in [0.05, 0.1) is 13.0 Å². The van der Waals surface area contributed by atoms with E-state index in [9.17, 15) is 9.90 Å². The van der Waals surface area contributed by atoms with Gasteiger partial charge in [0.25, 0.3) is 0 Å². The van der Waals surface area contributed by atoms with Crippen LogP contribution in [0.25, 0.3) is 11.1 Å². The van der Waals surface area contributed by atoms with E-state index >= 15 is 4.39 Å². The maximum absolute atomic E-state index is 15.3. The number of carboxylic acids is 1. The first-order valence-corrected chi connectivity index (χ1v) is 11.8. The fraction of sp³-hybridized carbons (Fsp3) is 0.321. The molecular formula is C28H31FN2O4. The summed E-state index contributed by atoms with van der Waals surface area (Å²) in [4.78, 5) is 11.2. The fourth-order valence-corrected chi connectivity index (χ4v) is 4.30. The summed E-state index contributed by atoms with van der Waals surface area (Å²) in [7, 11) is 0. The first-order chi connectivity index (χ1) is 16.9. The van der Waals surface area contributed by atoms with Crippen LogP contribution in [0.3, 0.4) is 0 Å². The maximum Gasteiger partial charge on any atom is 0.307 e. The van der Waals surface area contributed by atoms with Gasteiger partial charge in [0, 0.05) is 41.9 Å². The van der Waals surface area contributed by atoms with Crippen LogP contribution in [0.1, 0.15) is 41.6 Å². The number of ether oxygens (including phenoxy) is 2. The Hall–Kier alpha value is -3.26. The van der Waals surface area contributed by atoms with Crippen molar-refractivity contribution in [2.45, 2.75) is 45.0 Å². The Balaban J connectivity index is 1.63. The Kier molecular flexibility index (Phi) is 8.13.